The Labute approximate surface area is 116 Å². The van der Waals surface area contributed by atoms with Gasteiger partial charge in [-0.25, -0.2) is 9.97 Å². The molecular weight excluding hydrogens is 295 g/mol. The van der Waals surface area contributed by atoms with E-state index in [4.69, 9.17) is 11.6 Å². The van der Waals surface area contributed by atoms with E-state index in [-0.39, 0.29) is 16.4 Å². The molecule has 0 aliphatic rings. The van der Waals surface area contributed by atoms with Crippen LogP contribution in [-0.2, 0) is 6.18 Å². The van der Waals surface area contributed by atoms with Gasteiger partial charge in [0, 0.05) is 11.2 Å². The molecule has 2 rings (SSSR count). The van der Waals surface area contributed by atoms with E-state index >= 15 is 0 Å². The van der Waals surface area contributed by atoms with Gasteiger partial charge in [-0.15, -0.1) is 0 Å². The lowest BCUT2D eigenvalue weighted by Gasteiger charge is -2.13. The second-order valence-corrected chi connectivity index (χ2v) is 4.17. The number of anilines is 1. The monoisotopic (exact) mass is 301 g/mol. The van der Waals surface area contributed by atoms with Crippen LogP contribution < -0.4 is 5.32 Å². The number of amides is 1. The zero-order valence-electron chi connectivity index (χ0n) is 9.78. The molecule has 0 bridgehead atoms. The van der Waals surface area contributed by atoms with Gasteiger partial charge in [0.2, 0.25) is 0 Å². The van der Waals surface area contributed by atoms with E-state index in [0.717, 1.165) is 18.5 Å². The summed E-state index contributed by atoms with van der Waals surface area (Å²) in [5.74, 6) is -0.764. The fourth-order valence-electron chi connectivity index (χ4n) is 1.47. The number of alkyl halides is 3. The van der Waals surface area contributed by atoms with Crippen molar-refractivity contribution >= 4 is 23.2 Å². The number of aromatic nitrogens is 2. The Morgan fingerprint density at radius 3 is 2.60 bits per heavy atom. The highest BCUT2D eigenvalue weighted by Gasteiger charge is 2.34. The summed E-state index contributed by atoms with van der Waals surface area (Å²) in [5, 5.41) is 2.08. The van der Waals surface area contributed by atoms with Crippen molar-refractivity contribution in [3.8, 4) is 0 Å². The van der Waals surface area contributed by atoms with Crippen LogP contribution >= 0.6 is 11.6 Å². The van der Waals surface area contributed by atoms with Gasteiger partial charge in [0.25, 0.3) is 5.91 Å². The van der Waals surface area contributed by atoms with Gasteiger partial charge in [0.05, 0.1) is 11.3 Å². The normalized spacial score (nSPS) is 11.2. The van der Waals surface area contributed by atoms with Gasteiger partial charge < -0.3 is 5.32 Å². The number of nitrogens with zero attached hydrogens (tertiary/aromatic N) is 2. The summed E-state index contributed by atoms with van der Waals surface area (Å²) in [6.07, 6.45) is -2.19. The standard InChI is InChI=1S/C12H7ClF3N3O/c13-7-1-2-9(8(5-7)12(14,15)16)19-11(20)10-3-4-17-6-18-10/h1-6H,(H,19,20). The van der Waals surface area contributed by atoms with Crippen LogP contribution in [-0.4, -0.2) is 15.9 Å². The Hall–Kier alpha value is -2.15. The van der Waals surface area contributed by atoms with E-state index in [0.29, 0.717) is 0 Å². The first-order valence-electron chi connectivity index (χ1n) is 5.32. The largest absolute Gasteiger partial charge is 0.418 e. The molecule has 0 unspecified atom stereocenters. The first-order valence-corrected chi connectivity index (χ1v) is 5.70. The third-order valence-corrected chi connectivity index (χ3v) is 2.58. The van der Waals surface area contributed by atoms with Crippen molar-refractivity contribution in [2.75, 3.05) is 5.32 Å². The van der Waals surface area contributed by atoms with Crippen molar-refractivity contribution in [2.45, 2.75) is 6.18 Å². The molecule has 2 aromatic rings. The summed E-state index contributed by atoms with van der Waals surface area (Å²) in [6.45, 7) is 0. The minimum absolute atomic E-state index is 0.0388. The van der Waals surface area contributed by atoms with Crippen LogP contribution in [0.3, 0.4) is 0 Å². The molecule has 0 spiro atoms. The van der Waals surface area contributed by atoms with E-state index in [9.17, 15) is 18.0 Å². The molecule has 0 aliphatic heterocycles. The number of carbonyl (C=O) groups is 1. The van der Waals surface area contributed by atoms with E-state index in [1.54, 1.807) is 0 Å². The zero-order chi connectivity index (χ0) is 14.8. The third kappa shape index (κ3) is 3.24. The summed E-state index contributed by atoms with van der Waals surface area (Å²) in [6, 6.07) is 4.38. The van der Waals surface area contributed by atoms with Gasteiger partial charge in [-0.05, 0) is 24.3 Å². The van der Waals surface area contributed by atoms with Gasteiger partial charge in [-0.1, -0.05) is 11.6 Å². The topological polar surface area (TPSA) is 54.9 Å². The molecule has 8 heteroatoms. The molecule has 0 atom stereocenters. The summed E-state index contributed by atoms with van der Waals surface area (Å²) >= 11 is 5.54. The minimum atomic E-state index is -4.63. The number of hydrogen-bond acceptors (Lipinski definition) is 3. The molecule has 104 valence electrons. The van der Waals surface area contributed by atoms with E-state index in [1.165, 1.54) is 18.3 Å². The Balaban J connectivity index is 2.33. The number of halogens is 4. The Kier molecular flexibility index (Phi) is 3.89. The Morgan fingerprint density at radius 1 is 1.25 bits per heavy atom. The molecule has 0 aliphatic carbocycles. The fraction of sp³-hybridized carbons (Fsp3) is 0.0833. The van der Waals surface area contributed by atoms with Crippen molar-refractivity contribution < 1.29 is 18.0 Å². The first kappa shape index (κ1) is 14.3. The molecule has 20 heavy (non-hydrogen) atoms. The number of rotatable bonds is 2. The number of hydrogen-bond donors (Lipinski definition) is 1. The molecule has 0 saturated carbocycles. The molecular formula is C12H7ClF3N3O. The maximum absolute atomic E-state index is 12.8. The molecule has 0 fully saturated rings. The van der Waals surface area contributed by atoms with Crippen LogP contribution in [0, 0.1) is 0 Å². The van der Waals surface area contributed by atoms with Gasteiger partial charge in [-0.3, -0.25) is 4.79 Å². The lowest BCUT2D eigenvalue weighted by molar-refractivity contribution is -0.136. The van der Waals surface area contributed by atoms with Crippen molar-refractivity contribution in [3.05, 3.63) is 53.1 Å². The minimum Gasteiger partial charge on any atom is -0.320 e. The second kappa shape index (κ2) is 5.46. The Bertz CT molecular complexity index is 632. The molecule has 0 radical (unpaired) electrons. The van der Waals surface area contributed by atoms with Crippen molar-refractivity contribution in [1.29, 1.82) is 0 Å². The van der Waals surface area contributed by atoms with Crippen LogP contribution in [0.15, 0.2) is 36.8 Å². The quantitative estimate of drug-likeness (QED) is 0.925. The summed E-state index contributed by atoms with van der Waals surface area (Å²) in [4.78, 5) is 19.0. The predicted octanol–water partition coefficient (Wildman–Crippen LogP) is 3.40. The van der Waals surface area contributed by atoms with E-state index in [2.05, 4.69) is 15.3 Å². The smallest absolute Gasteiger partial charge is 0.320 e. The molecule has 1 aromatic carbocycles. The van der Waals surface area contributed by atoms with Crippen LogP contribution in [0.2, 0.25) is 5.02 Å². The first-order chi connectivity index (χ1) is 9.38. The van der Waals surface area contributed by atoms with Crippen LogP contribution in [0.25, 0.3) is 0 Å². The number of benzene rings is 1. The molecule has 4 nitrogen and oxygen atoms in total. The molecule has 1 N–H and O–H groups in total. The highest BCUT2D eigenvalue weighted by Crippen LogP contribution is 2.36. The van der Waals surface area contributed by atoms with Crippen molar-refractivity contribution in [1.82, 2.24) is 9.97 Å². The second-order valence-electron chi connectivity index (χ2n) is 3.74. The van der Waals surface area contributed by atoms with Crippen LogP contribution in [0.4, 0.5) is 18.9 Å². The highest BCUT2D eigenvalue weighted by molar-refractivity contribution is 6.30. The van der Waals surface area contributed by atoms with Crippen LogP contribution in [0.5, 0.6) is 0 Å². The third-order valence-electron chi connectivity index (χ3n) is 2.35. The SMILES string of the molecule is O=C(Nc1ccc(Cl)cc1C(F)(F)F)c1ccncn1. The number of carbonyl (C=O) groups excluding carboxylic acids is 1. The van der Waals surface area contributed by atoms with Gasteiger partial charge >= 0.3 is 6.18 Å². The summed E-state index contributed by atoms with van der Waals surface area (Å²) in [7, 11) is 0. The zero-order valence-corrected chi connectivity index (χ0v) is 10.5. The molecule has 1 aromatic heterocycles. The van der Waals surface area contributed by atoms with Gasteiger partial charge in [-0.2, -0.15) is 13.2 Å². The average Bonchev–Trinajstić information content (AvgIpc) is 2.40. The lowest BCUT2D eigenvalue weighted by atomic mass is 10.1. The highest BCUT2D eigenvalue weighted by atomic mass is 35.5. The van der Waals surface area contributed by atoms with E-state index < -0.39 is 17.6 Å². The van der Waals surface area contributed by atoms with Gasteiger partial charge in [0.1, 0.15) is 12.0 Å². The van der Waals surface area contributed by atoms with Gasteiger partial charge in [0.15, 0.2) is 0 Å². The van der Waals surface area contributed by atoms with E-state index in [1.807, 2.05) is 0 Å². The fourth-order valence-corrected chi connectivity index (χ4v) is 1.64. The molecule has 0 saturated heterocycles. The molecule has 1 amide bonds. The summed E-state index contributed by atoms with van der Waals surface area (Å²) in [5.41, 5.74) is -1.44. The lowest BCUT2D eigenvalue weighted by Crippen LogP contribution is -2.17. The van der Waals surface area contributed by atoms with Crippen LogP contribution in [0.1, 0.15) is 16.1 Å². The maximum Gasteiger partial charge on any atom is 0.418 e. The Morgan fingerprint density at radius 2 is 2.00 bits per heavy atom. The molecule has 1 heterocycles. The van der Waals surface area contributed by atoms with Crippen molar-refractivity contribution in [3.63, 3.8) is 0 Å². The average molecular weight is 302 g/mol. The number of nitrogens with one attached hydrogen (secondary N) is 1. The predicted molar refractivity (Wildman–Crippen MR) is 66.4 cm³/mol. The maximum atomic E-state index is 12.8. The summed E-state index contributed by atoms with van der Waals surface area (Å²) < 4.78 is 38.5. The van der Waals surface area contributed by atoms with Crippen molar-refractivity contribution in [2.24, 2.45) is 0 Å².